The highest BCUT2D eigenvalue weighted by molar-refractivity contribution is 7.80. The lowest BCUT2D eigenvalue weighted by Crippen LogP contribution is -2.32. The van der Waals surface area contributed by atoms with Gasteiger partial charge < -0.3 is 19.5 Å². The summed E-state index contributed by atoms with van der Waals surface area (Å²) in [4.78, 5) is 14.2. The lowest BCUT2D eigenvalue weighted by atomic mass is 10.1. The Morgan fingerprint density at radius 3 is 2.50 bits per heavy atom. The van der Waals surface area contributed by atoms with Gasteiger partial charge in [-0.25, -0.2) is 0 Å². The topological polar surface area (TPSA) is 60.0 Å². The Hall–Kier alpha value is -2.03. The zero-order valence-corrected chi connectivity index (χ0v) is 20.5. The Balaban J connectivity index is 1.79. The highest BCUT2D eigenvalue weighted by atomic mass is 35.5. The summed E-state index contributed by atoms with van der Waals surface area (Å²) in [6.45, 7) is 1.18. The zero-order valence-electron chi connectivity index (χ0n) is 17.4. The molecular formula is C22H21Cl3N2O4S. The first-order chi connectivity index (χ1) is 15.3. The summed E-state index contributed by atoms with van der Waals surface area (Å²) >= 11 is 23.7. The average Bonchev–Trinajstić information content (AvgIpc) is 3.00. The van der Waals surface area contributed by atoms with Gasteiger partial charge in [0.1, 0.15) is 18.1 Å². The summed E-state index contributed by atoms with van der Waals surface area (Å²) in [6, 6.07) is 8.60. The molecule has 170 valence electrons. The number of carbonyl (C=O) groups excluding carboxylic acids is 1. The maximum Gasteiger partial charge on any atom is 0.276 e. The number of benzene rings is 2. The fraction of sp³-hybridized carbons (Fsp3) is 0.273. The molecule has 2 aromatic carbocycles. The largest absolute Gasteiger partial charge is 0.496 e. The number of nitrogens with one attached hydrogen (secondary N) is 1. The van der Waals surface area contributed by atoms with Crippen LogP contribution in [0.5, 0.6) is 11.5 Å². The van der Waals surface area contributed by atoms with Crippen molar-refractivity contribution in [2.75, 3.05) is 27.4 Å². The minimum absolute atomic E-state index is 0.143. The summed E-state index contributed by atoms with van der Waals surface area (Å²) in [6.07, 6.45) is 2.42. The number of hydrogen-bond donors (Lipinski definition) is 1. The molecule has 0 unspecified atom stereocenters. The Kier molecular flexibility index (Phi) is 8.62. The molecule has 32 heavy (non-hydrogen) atoms. The lowest BCUT2D eigenvalue weighted by Gasteiger charge is -2.14. The van der Waals surface area contributed by atoms with Gasteiger partial charge in [0, 0.05) is 30.8 Å². The molecule has 1 heterocycles. The predicted molar refractivity (Wildman–Crippen MR) is 131 cm³/mol. The summed E-state index contributed by atoms with van der Waals surface area (Å²) in [7, 11) is 3.19. The summed E-state index contributed by atoms with van der Waals surface area (Å²) in [5, 5.41) is 4.38. The predicted octanol–water partition coefficient (Wildman–Crippen LogP) is 5.33. The number of methoxy groups -OCH3 is 2. The smallest absolute Gasteiger partial charge is 0.276 e. The normalized spacial score (nSPS) is 14.8. The fourth-order valence-electron chi connectivity index (χ4n) is 3.13. The van der Waals surface area contributed by atoms with Gasteiger partial charge in [-0.2, -0.15) is 0 Å². The van der Waals surface area contributed by atoms with Gasteiger partial charge in [-0.15, -0.1) is 0 Å². The number of nitrogens with zero attached hydrogens (tertiary/aromatic N) is 1. The lowest BCUT2D eigenvalue weighted by molar-refractivity contribution is -0.122. The van der Waals surface area contributed by atoms with Crippen molar-refractivity contribution in [3.8, 4) is 11.5 Å². The number of hydrogen-bond acceptors (Lipinski definition) is 5. The van der Waals surface area contributed by atoms with Crippen LogP contribution in [0.25, 0.3) is 6.08 Å². The highest BCUT2D eigenvalue weighted by Gasteiger charge is 2.30. The van der Waals surface area contributed by atoms with Crippen LogP contribution in [0.1, 0.15) is 17.5 Å². The van der Waals surface area contributed by atoms with Gasteiger partial charge in [0.05, 0.1) is 17.2 Å². The third-order valence-electron chi connectivity index (χ3n) is 4.64. The van der Waals surface area contributed by atoms with E-state index >= 15 is 0 Å². The second-order valence-electron chi connectivity index (χ2n) is 6.85. The SMILES string of the molecule is COCCCN1C(=O)/C(=C\c2ccc(OC)c(COc3c(Cl)cc(Cl)cc3Cl)c2)NC1=S. The maximum absolute atomic E-state index is 12.7. The molecule has 0 radical (unpaired) electrons. The van der Waals surface area contributed by atoms with Crippen molar-refractivity contribution in [2.24, 2.45) is 0 Å². The Morgan fingerprint density at radius 2 is 1.84 bits per heavy atom. The van der Waals surface area contributed by atoms with Gasteiger partial charge in [0.15, 0.2) is 10.9 Å². The van der Waals surface area contributed by atoms with E-state index in [1.807, 2.05) is 12.1 Å². The standard InChI is InChI=1S/C22H21Cl3N2O4S/c1-29-7-3-6-27-21(28)18(26-22(27)32)9-13-4-5-19(30-2)14(8-13)12-31-20-16(24)10-15(23)11-17(20)25/h4-5,8-11H,3,6-7,12H2,1-2H3,(H,26,32)/b18-9+. The van der Waals surface area contributed by atoms with E-state index in [9.17, 15) is 4.79 Å². The molecule has 0 aromatic heterocycles. The van der Waals surface area contributed by atoms with Crippen LogP contribution in [0, 0.1) is 0 Å². The van der Waals surface area contributed by atoms with Crippen LogP contribution in [0.4, 0.5) is 0 Å². The Morgan fingerprint density at radius 1 is 1.12 bits per heavy atom. The number of amides is 1. The molecular weight excluding hydrogens is 495 g/mol. The first kappa shape index (κ1) is 24.6. The van der Waals surface area contributed by atoms with Crippen LogP contribution >= 0.6 is 47.0 Å². The van der Waals surface area contributed by atoms with Crippen LogP contribution in [0.2, 0.25) is 15.1 Å². The van der Waals surface area contributed by atoms with Crippen molar-refractivity contribution in [2.45, 2.75) is 13.0 Å². The van der Waals surface area contributed by atoms with E-state index in [0.717, 1.165) is 11.1 Å². The van der Waals surface area contributed by atoms with Crippen LogP contribution in [0.3, 0.4) is 0 Å². The first-order valence-electron chi connectivity index (χ1n) is 9.61. The average molecular weight is 516 g/mol. The zero-order chi connectivity index (χ0) is 23.3. The second kappa shape index (κ2) is 11.2. The van der Waals surface area contributed by atoms with Crippen LogP contribution in [-0.2, 0) is 16.1 Å². The molecule has 1 N–H and O–H groups in total. The molecule has 10 heteroatoms. The van der Waals surface area contributed by atoms with Gasteiger partial charge in [-0.1, -0.05) is 40.9 Å². The van der Waals surface area contributed by atoms with Gasteiger partial charge in [0.25, 0.3) is 5.91 Å². The van der Waals surface area contributed by atoms with E-state index in [1.54, 1.807) is 38.5 Å². The number of thiocarbonyl (C=S) groups is 1. The summed E-state index contributed by atoms with van der Waals surface area (Å²) < 4.78 is 16.3. The number of halogens is 3. The van der Waals surface area contributed by atoms with E-state index in [1.165, 1.54) is 4.90 Å². The van der Waals surface area contributed by atoms with Gasteiger partial charge in [0.2, 0.25) is 0 Å². The Labute approximate surface area is 207 Å². The van der Waals surface area contributed by atoms with Gasteiger partial charge >= 0.3 is 0 Å². The van der Waals surface area contributed by atoms with E-state index < -0.39 is 0 Å². The third kappa shape index (κ3) is 5.85. The highest BCUT2D eigenvalue weighted by Crippen LogP contribution is 2.37. The molecule has 6 nitrogen and oxygen atoms in total. The molecule has 1 aliphatic rings. The van der Waals surface area contributed by atoms with Crippen molar-refractivity contribution < 1.29 is 19.0 Å². The van der Waals surface area contributed by atoms with E-state index in [2.05, 4.69) is 5.32 Å². The van der Waals surface area contributed by atoms with Gasteiger partial charge in [-0.3, -0.25) is 9.69 Å². The second-order valence-corrected chi connectivity index (χ2v) is 8.49. The van der Waals surface area contributed by atoms with Crippen molar-refractivity contribution in [1.29, 1.82) is 0 Å². The fourth-order valence-corrected chi connectivity index (χ4v) is 4.34. The minimum Gasteiger partial charge on any atom is -0.496 e. The molecule has 0 aliphatic carbocycles. The third-order valence-corrected chi connectivity index (χ3v) is 5.75. The minimum atomic E-state index is -0.181. The molecule has 0 atom stereocenters. The van der Waals surface area contributed by atoms with Crippen LogP contribution in [-0.4, -0.2) is 43.3 Å². The molecule has 0 saturated carbocycles. The van der Waals surface area contributed by atoms with Crippen LogP contribution in [0.15, 0.2) is 36.0 Å². The molecule has 1 aliphatic heterocycles. The number of carbonyl (C=O) groups is 1. The van der Waals surface area contributed by atoms with Crippen molar-refractivity contribution in [1.82, 2.24) is 10.2 Å². The quantitative estimate of drug-likeness (QED) is 0.277. The number of rotatable bonds is 9. The van der Waals surface area contributed by atoms with Crippen molar-refractivity contribution in [3.05, 3.63) is 62.2 Å². The molecule has 1 saturated heterocycles. The number of ether oxygens (including phenoxy) is 3. The molecule has 1 fully saturated rings. The molecule has 2 aromatic rings. The maximum atomic E-state index is 12.7. The van der Waals surface area contributed by atoms with E-state index in [0.29, 0.717) is 56.9 Å². The molecule has 3 rings (SSSR count). The molecule has 1 amide bonds. The Bertz CT molecular complexity index is 1040. The van der Waals surface area contributed by atoms with Gasteiger partial charge in [-0.05, 0) is 54.5 Å². The van der Waals surface area contributed by atoms with Crippen molar-refractivity contribution >= 4 is 64.1 Å². The first-order valence-corrected chi connectivity index (χ1v) is 11.2. The monoisotopic (exact) mass is 514 g/mol. The molecule has 0 spiro atoms. The van der Waals surface area contributed by atoms with E-state index in [-0.39, 0.29) is 12.5 Å². The molecule has 0 bridgehead atoms. The van der Waals surface area contributed by atoms with Crippen LogP contribution < -0.4 is 14.8 Å². The summed E-state index contributed by atoms with van der Waals surface area (Å²) in [5.41, 5.74) is 1.91. The van der Waals surface area contributed by atoms with Crippen molar-refractivity contribution in [3.63, 3.8) is 0 Å². The summed E-state index contributed by atoms with van der Waals surface area (Å²) in [5.74, 6) is 0.767. The van der Waals surface area contributed by atoms with E-state index in [4.69, 9.17) is 61.2 Å².